The monoisotopic (exact) mass is 310 g/mol. The standard InChI is InChI=1S/C16H10ClF3O/c17-14-4-2-1-3-11(14)7-10-15(21)12-5-8-13(9-6-12)16(18,19)20/h1-10H. The zero-order valence-electron chi connectivity index (χ0n) is 10.7. The summed E-state index contributed by atoms with van der Waals surface area (Å²) in [5.74, 6) is -0.386. The molecule has 0 aliphatic rings. The molecule has 2 aromatic rings. The minimum absolute atomic E-state index is 0.186. The van der Waals surface area contributed by atoms with Crippen molar-refractivity contribution < 1.29 is 18.0 Å². The Balaban J connectivity index is 2.16. The Morgan fingerprint density at radius 3 is 2.19 bits per heavy atom. The van der Waals surface area contributed by atoms with Crippen molar-refractivity contribution in [3.63, 3.8) is 0 Å². The summed E-state index contributed by atoms with van der Waals surface area (Å²) in [5, 5.41) is 0.494. The van der Waals surface area contributed by atoms with E-state index in [0.717, 1.165) is 24.3 Å². The Bertz CT molecular complexity index is 673. The molecule has 0 unspecified atom stereocenters. The summed E-state index contributed by atoms with van der Waals surface area (Å²) in [4.78, 5) is 11.9. The first-order valence-corrected chi connectivity index (χ1v) is 6.40. The van der Waals surface area contributed by atoms with Crippen molar-refractivity contribution in [3.05, 3.63) is 76.3 Å². The van der Waals surface area contributed by atoms with Crippen molar-refractivity contribution >= 4 is 23.5 Å². The predicted octanol–water partition coefficient (Wildman–Crippen LogP) is 5.25. The molecule has 5 heteroatoms. The van der Waals surface area contributed by atoms with Gasteiger partial charge in [0.2, 0.25) is 0 Å². The smallest absolute Gasteiger partial charge is 0.289 e. The molecular weight excluding hydrogens is 301 g/mol. The van der Waals surface area contributed by atoms with Crippen molar-refractivity contribution in [1.82, 2.24) is 0 Å². The topological polar surface area (TPSA) is 17.1 Å². The highest BCUT2D eigenvalue weighted by molar-refractivity contribution is 6.32. The second-order valence-corrected chi connectivity index (χ2v) is 4.70. The molecule has 0 heterocycles. The van der Waals surface area contributed by atoms with Crippen molar-refractivity contribution in [2.45, 2.75) is 6.18 Å². The third kappa shape index (κ3) is 3.95. The highest BCUT2D eigenvalue weighted by Crippen LogP contribution is 2.29. The number of rotatable bonds is 3. The second-order valence-electron chi connectivity index (χ2n) is 4.29. The van der Waals surface area contributed by atoms with E-state index in [0.29, 0.717) is 10.6 Å². The maximum atomic E-state index is 12.4. The number of ketones is 1. The molecule has 21 heavy (non-hydrogen) atoms. The Morgan fingerprint density at radius 2 is 1.62 bits per heavy atom. The van der Waals surface area contributed by atoms with Crippen LogP contribution in [-0.2, 0) is 6.18 Å². The maximum absolute atomic E-state index is 12.4. The van der Waals surface area contributed by atoms with Gasteiger partial charge in [0.15, 0.2) is 5.78 Å². The second kappa shape index (κ2) is 6.14. The van der Waals surface area contributed by atoms with Gasteiger partial charge in [-0.1, -0.05) is 41.9 Å². The van der Waals surface area contributed by atoms with Crippen LogP contribution in [0.1, 0.15) is 21.5 Å². The molecule has 2 aromatic carbocycles. The van der Waals surface area contributed by atoms with E-state index in [-0.39, 0.29) is 11.3 Å². The van der Waals surface area contributed by atoms with Gasteiger partial charge in [0.05, 0.1) is 5.56 Å². The highest BCUT2D eigenvalue weighted by Gasteiger charge is 2.30. The zero-order valence-corrected chi connectivity index (χ0v) is 11.4. The van der Waals surface area contributed by atoms with E-state index in [1.807, 2.05) is 0 Å². The average Bonchev–Trinajstić information content (AvgIpc) is 2.45. The molecule has 0 spiro atoms. The predicted molar refractivity (Wildman–Crippen MR) is 76.3 cm³/mol. The molecule has 0 atom stereocenters. The molecule has 0 aliphatic carbocycles. The van der Waals surface area contributed by atoms with Crippen LogP contribution in [0.2, 0.25) is 5.02 Å². The van der Waals surface area contributed by atoms with Gasteiger partial charge in [-0.15, -0.1) is 0 Å². The quantitative estimate of drug-likeness (QED) is 0.558. The number of carbonyl (C=O) groups excluding carboxylic acids is 1. The van der Waals surface area contributed by atoms with E-state index in [1.54, 1.807) is 24.3 Å². The molecule has 0 bridgehead atoms. The van der Waals surface area contributed by atoms with Crippen LogP contribution in [0, 0.1) is 0 Å². The number of carbonyl (C=O) groups is 1. The molecule has 1 nitrogen and oxygen atoms in total. The number of benzene rings is 2. The fraction of sp³-hybridized carbons (Fsp3) is 0.0625. The lowest BCUT2D eigenvalue weighted by molar-refractivity contribution is -0.137. The third-order valence-electron chi connectivity index (χ3n) is 2.82. The van der Waals surface area contributed by atoms with Gasteiger partial charge in [0.1, 0.15) is 0 Å². The average molecular weight is 311 g/mol. The Kier molecular flexibility index (Phi) is 4.48. The van der Waals surface area contributed by atoms with Gasteiger partial charge in [-0.2, -0.15) is 13.2 Å². The van der Waals surface area contributed by atoms with Crippen LogP contribution in [0.3, 0.4) is 0 Å². The van der Waals surface area contributed by atoms with Crippen LogP contribution in [0.15, 0.2) is 54.6 Å². The molecule has 0 N–H and O–H groups in total. The minimum Gasteiger partial charge on any atom is -0.289 e. The summed E-state index contributed by atoms with van der Waals surface area (Å²) in [6.45, 7) is 0. The van der Waals surface area contributed by atoms with Gasteiger partial charge in [-0.25, -0.2) is 0 Å². The van der Waals surface area contributed by atoms with Gasteiger partial charge in [-0.3, -0.25) is 4.79 Å². The molecule has 0 aromatic heterocycles. The number of hydrogen-bond donors (Lipinski definition) is 0. The summed E-state index contributed by atoms with van der Waals surface area (Å²) in [6.07, 6.45) is -1.60. The summed E-state index contributed by atoms with van der Waals surface area (Å²) in [6, 6.07) is 11.0. The van der Waals surface area contributed by atoms with Gasteiger partial charge in [0, 0.05) is 10.6 Å². The molecule has 0 saturated carbocycles. The lowest BCUT2D eigenvalue weighted by atomic mass is 10.1. The third-order valence-corrected chi connectivity index (χ3v) is 3.16. The van der Waals surface area contributed by atoms with Crippen molar-refractivity contribution in [2.75, 3.05) is 0 Å². The number of alkyl halides is 3. The summed E-state index contributed by atoms with van der Waals surface area (Å²) in [5.41, 5.74) is 0.0693. The Morgan fingerprint density at radius 1 is 1.00 bits per heavy atom. The van der Waals surface area contributed by atoms with Gasteiger partial charge >= 0.3 is 6.18 Å². The SMILES string of the molecule is O=C(C=Cc1ccccc1Cl)c1ccc(C(F)(F)F)cc1. The molecular formula is C16H10ClF3O. The van der Waals surface area contributed by atoms with E-state index < -0.39 is 11.7 Å². The van der Waals surface area contributed by atoms with Crippen LogP contribution in [0.25, 0.3) is 6.08 Å². The first-order chi connectivity index (χ1) is 9.88. The van der Waals surface area contributed by atoms with Gasteiger partial charge in [0.25, 0.3) is 0 Å². The fourth-order valence-electron chi connectivity index (χ4n) is 1.70. The summed E-state index contributed by atoms with van der Waals surface area (Å²) >= 11 is 5.94. The first kappa shape index (κ1) is 15.3. The van der Waals surface area contributed by atoms with E-state index in [9.17, 15) is 18.0 Å². The normalized spacial score (nSPS) is 11.8. The van der Waals surface area contributed by atoms with Crippen molar-refractivity contribution in [2.24, 2.45) is 0 Å². The van der Waals surface area contributed by atoms with Crippen LogP contribution >= 0.6 is 11.6 Å². The zero-order chi connectivity index (χ0) is 15.5. The lowest BCUT2D eigenvalue weighted by Gasteiger charge is -2.06. The molecule has 0 amide bonds. The molecule has 0 radical (unpaired) electrons. The van der Waals surface area contributed by atoms with E-state index in [4.69, 9.17) is 11.6 Å². The van der Waals surface area contributed by atoms with E-state index in [2.05, 4.69) is 0 Å². The van der Waals surface area contributed by atoms with E-state index >= 15 is 0 Å². The molecule has 108 valence electrons. The van der Waals surface area contributed by atoms with Crippen LogP contribution in [0.4, 0.5) is 13.2 Å². The maximum Gasteiger partial charge on any atom is 0.416 e. The fourth-order valence-corrected chi connectivity index (χ4v) is 1.89. The lowest BCUT2D eigenvalue weighted by Crippen LogP contribution is -2.05. The van der Waals surface area contributed by atoms with Crippen molar-refractivity contribution in [3.8, 4) is 0 Å². The Hall–Kier alpha value is -2.07. The number of allylic oxidation sites excluding steroid dienone is 1. The summed E-state index contributed by atoms with van der Waals surface area (Å²) in [7, 11) is 0. The highest BCUT2D eigenvalue weighted by atomic mass is 35.5. The van der Waals surface area contributed by atoms with Crippen LogP contribution in [-0.4, -0.2) is 5.78 Å². The summed E-state index contributed by atoms with van der Waals surface area (Å²) < 4.78 is 37.3. The molecule has 2 rings (SSSR count). The first-order valence-electron chi connectivity index (χ1n) is 6.02. The van der Waals surface area contributed by atoms with Gasteiger partial charge in [-0.05, 0) is 35.9 Å². The van der Waals surface area contributed by atoms with Crippen LogP contribution in [0.5, 0.6) is 0 Å². The molecule has 0 aliphatic heterocycles. The number of hydrogen-bond acceptors (Lipinski definition) is 1. The van der Waals surface area contributed by atoms with Gasteiger partial charge < -0.3 is 0 Å². The molecule has 0 saturated heterocycles. The molecule has 0 fully saturated rings. The largest absolute Gasteiger partial charge is 0.416 e. The van der Waals surface area contributed by atoms with Crippen molar-refractivity contribution in [1.29, 1.82) is 0 Å². The van der Waals surface area contributed by atoms with E-state index in [1.165, 1.54) is 12.2 Å². The van der Waals surface area contributed by atoms with Crippen LogP contribution < -0.4 is 0 Å². The number of halogens is 4. The Labute approximate surface area is 124 Å². The minimum atomic E-state index is -4.41.